The molecule has 2 heterocycles. The fourth-order valence-electron chi connectivity index (χ4n) is 3.99. The number of nitrogens with zero attached hydrogens (tertiary/aromatic N) is 4. The van der Waals surface area contributed by atoms with Crippen molar-refractivity contribution in [1.82, 2.24) is 9.97 Å². The summed E-state index contributed by atoms with van der Waals surface area (Å²) in [6.07, 6.45) is 1.34. The third kappa shape index (κ3) is 4.42. The first-order valence-corrected chi connectivity index (χ1v) is 10.5. The minimum atomic E-state index is -1.21. The van der Waals surface area contributed by atoms with E-state index in [4.69, 9.17) is 20.3 Å². The number of aromatic carboxylic acids is 1. The van der Waals surface area contributed by atoms with Gasteiger partial charge in [-0.1, -0.05) is 0 Å². The van der Waals surface area contributed by atoms with Crippen LogP contribution >= 0.6 is 0 Å². The van der Waals surface area contributed by atoms with Gasteiger partial charge in [-0.15, -0.1) is 0 Å². The predicted molar refractivity (Wildman–Crippen MR) is 126 cm³/mol. The van der Waals surface area contributed by atoms with Crippen LogP contribution in [0.4, 0.5) is 23.1 Å². The zero-order chi connectivity index (χ0) is 24.4. The first-order chi connectivity index (χ1) is 16.3. The van der Waals surface area contributed by atoms with E-state index in [-0.39, 0.29) is 17.3 Å². The van der Waals surface area contributed by atoms with Gasteiger partial charge in [-0.05, 0) is 31.0 Å². The highest BCUT2D eigenvalue weighted by Gasteiger charge is 2.25. The Bertz CT molecular complexity index is 1260. The molecule has 0 atom stereocenters. The van der Waals surface area contributed by atoms with E-state index < -0.39 is 10.9 Å². The number of carbonyl (C=O) groups is 1. The molecule has 2 aromatic carbocycles. The second-order valence-corrected chi connectivity index (χ2v) is 7.83. The summed E-state index contributed by atoms with van der Waals surface area (Å²) in [5, 5.41) is 24.4. The van der Waals surface area contributed by atoms with Crippen LogP contribution in [0.5, 0.6) is 11.5 Å². The minimum absolute atomic E-state index is 0.0345. The van der Waals surface area contributed by atoms with E-state index >= 15 is 0 Å². The van der Waals surface area contributed by atoms with Crippen molar-refractivity contribution >= 4 is 40.0 Å². The van der Waals surface area contributed by atoms with Gasteiger partial charge in [0.15, 0.2) is 11.5 Å². The van der Waals surface area contributed by atoms with Gasteiger partial charge >= 0.3 is 5.97 Å². The number of nitrogen functional groups attached to an aromatic ring is 1. The van der Waals surface area contributed by atoms with Crippen LogP contribution in [0, 0.1) is 10.1 Å². The second-order valence-electron chi connectivity index (χ2n) is 7.83. The number of anilines is 3. The number of carboxylic acids is 1. The van der Waals surface area contributed by atoms with Crippen molar-refractivity contribution in [3.05, 3.63) is 46.0 Å². The number of nitro benzene ring substituents is 1. The standard InChI is InChI=1S/C22H24N6O6/c1-33-18-10-14-16(11-19(18)34-2)25-22(26-20(14)23)27-7-5-13(6-8-27)24-15-4-3-12(21(29)30)9-17(15)28(31)32/h3-4,9-11,13,24H,5-8H2,1-2H3,(H,29,30)(H2,23,25,26). The summed E-state index contributed by atoms with van der Waals surface area (Å²) in [5.74, 6) is 0.685. The predicted octanol–water partition coefficient (Wildman–Crippen LogP) is 2.92. The molecule has 12 nitrogen and oxygen atoms in total. The Kier molecular flexibility index (Phi) is 6.21. The lowest BCUT2D eigenvalue weighted by atomic mass is 10.0. The van der Waals surface area contributed by atoms with E-state index in [1.54, 1.807) is 26.4 Å². The number of hydrogen-bond acceptors (Lipinski definition) is 10. The Morgan fingerprint density at radius 2 is 1.85 bits per heavy atom. The molecule has 1 aromatic heterocycles. The summed E-state index contributed by atoms with van der Waals surface area (Å²) >= 11 is 0. The van der Waals surface area contributed by atoms with Crippen LogP contribution in [0.2, 0.25) is 0 Å². The first-order valence-electron chi connectivity index (χ1n) is 10.5. The van der Waals surface area contributed by atoms with E-state index in [0.717, 1.165) is 6.07 Å². The smallest absolute Gasteiger partial charge is 0.335 e. The number of nitrogens with one attached hydrogen (secondary N) is 1. The van der Waals surface area contributed by atoms with Gasteiger partial charge in [-0.3, -0.25) is 10.1 Å². The number of nitro groups is 1. The van der Waals surface area contributed by atoms with Gasteiger partial charge < -0.3 is 30.5 Å². The molecule has 0 spiro atoms. The van der Waals surface area contributed by atoms with Gasteiger partial charge in [0.05, 0.1) is 30.2 Å². The topological polar surface area (TPSA) is 166 Å². The maximum atomic E-state index is 11.4. The molecule has 0 radical (unpaired) electrons. The number of piperidine rings is 1. The molecule has 0 bridgehead atoms. The highest BCUT2D eigenvalue weighted by Crippen LogP contribution is 2.34. The fourth-order valence-corrected chi connectivity index (χ4v) is 3.99. The van der Waals surface area contributed by atoms with E-state index in [1.165, 1.54) is 12.1 Å². The molecule has 1 aliphatic heterocycles. The lowest BCUT2D eigenvalue weighted by Gasteiger charge is -2.33. The third-order valence-electron chi connectivity index (χ3n) is 5.80. The van der Waals surface area contributed by atoms with Crippen LogP contribution in [0.25, 0.3) is 10.9 Å². The SMILES string of the molecule is COc1cc2nc(N3CCC(Nc4ccc(C(=O)O)cc4[N+](=O)[O-])CC3)nc(N)c2cc1OC. The number of nitrogens with two attached hydrogens (primary N) is 1. The summed E-state index contributed by atoms with van der Waals surface area (Å²) in [6, 6.07) is 7.31. The van der Waals surface area contributed by atoms with Crippen molar-refractivity contribution in [3.8, 4) is 11.5 Å². The molecule has 34 heavy (non-hydrogen) atoms. The van der Waals surface area contributed by atoms with Crippen LogP contribution in [0.1, 0.15) is 23.2 Å². The highest BCUT2D eigenvalue weighted by molar-refractivity contribution is 5.92. The lowest BCUT2D eigenvalue weighted by molar-refractivity contribution is -0.384. The maximum absolute atomic E-state index is 11.4. The summed E-state index contributed by atoms with van der Waals surface area (Å²) in [5.41, 5.74) is 6.72. The van der Waals surface area contributed by atoms with Crippen molar-refractivity contribution in [1.29, 1.82) is 0 Å². The van der Waals surface area contributed by atoms with Gasteiger partial charge in [0, 0.05) is 36.7 Å². The molecule has 3 aromatic rings. The molecule has 1 saturated heterocycles. The lowest BCUT2D eigenvalue weighted by Crippen LogP contribution is -2.40. The minimum Gasteiger partial charge on any atom is -0.493 e. The molecule has 4 N–H and O–H groups in total. The summed E-state index contributed by atoms with van der Waals surface area (Å²) in [7, 11) is 3.09. The normalized spacial score (nSPS) is 14.1. The van der Waals surface area contributed by atoms with Crippen LogP contribution < -0.4 is 25.4 Å². The van der Waals surface area contributed by atoms with Gasteiger partial charge in [0.2, 0.25) is 5.95 Å². The van der Waals surface area contributed by atoms with Crippen molar-refractivity contribution in [2.45, 2.75) is 18.9 Å². The Hall–Kier alpha value is -4.35. The average Bonchev–Trinajstić information content (AvgIpc) is 2.83. The van der Waals surface area contributed by atoms with Crippen LogP contribution in [-0.2, 0) is 0 Å². The van der Waals surface area contributed by atoms with Crippen molar-refractivity contribution in [2.24, 2.45) is 0 Å². The monoisotopic (exact) mass is 468 g/mol. The quantitative estimate of drug-likeness (QED) is 0.344. The number of rotatable bonds is 7. The Morgan fingerprint density at radius 1 is 1.18 bits per heavy atom. The number of ether oxygens (including phenoxy) is 2. The van der Waals surface area contributed by atoms with Gasteiger partial charge in [0.25, 0.3) is 5.69 Å². The second kappa shape index (κ2) is 9.25. The largest absolute Gasteiger partial charge is 0.493 e. The zero-order valence-electron chi connectivity index (χ0n) is 18.6. The molecule has 1 aliphatic rings. The highest BCUT2D eigenvalue weighted by atomic mass is 16.6. The van der Waals surface area contributed by atoms with Crippen LogP contribution in [-0.4, -0.2) is 59.3 Å². The average molecular weight is 468 g/mol. The molecule has 4 rings (SSSR count). The maximum Gasteiger partial charge on any atom is 0.335 e. The number of benzene rings is 2. The Labute approximate surface area is 194 Å². The molecule has 1 fully saturated rings. The number of fused-ring (bicyclic) bond motifs is 1. The number of methoxy groups -OCH3 is 2. The first kappa shape index (κ1) is 22.8. The molecule has 0 amide bonds. The summed E-state index contributed by atoms with van der Waals surface area (Å²) in [6.45, 7) is 1.22. The molecule has 0 aliphatic carbocycles. The number of carboxylic acid groups (broad SMARTS) is 1. The van der Waals surface area contributed by atoms with Crippen molar-refractivity contribution in [3.63, 3.8) is 0 Å². The Balaban J connectivity index is 1.50. The summed E-state index contributed by atoms with van der Waals surface area (Å²) in [4.78, 5) is 33.1. The fraction of sp³-hybridized carbons (Fsp3) is 0.318. The zero-order valence-corrected chi connectivity index (χ0v) is 18.6. The molecule has 12 heteroatoms. The molecule has 0 saturated carbocycles. The molecular weight excluding hydrogens is 444 g/mol. The molecular formula is C22H24N6O6. The number of hydrogen-bond donors (Lipinski definition) is 3. The van der Waals surface area contributed by atoms with E-state index in [0.29, 0.717) is 65.8 Å². The van der Waals surface area contributed by atoms with Gasteiger partial charge in [-0.25, -0.2) is 9.78 Å². The van der Waals surface area contributed by atoms with Gasteiger partial charge in [0.1, 0.15) is 11.5 Å². The van der Waals surface area contributed by atoms with E-state index in [1.807, 2.05) is 4.90 Å². The molecule has 178 valence electrons. The van der Waals surface area contributed by atoms with Crippen molar-refractivity contribution < 1.29 is 24.3 Å². The van der Waals surface area contributed by atoms with E-state index in [9.17, 15) is 14.9 Å². The van der Waals surface area contributed by atoms with Crippen LogP contribution in [0.3, 0.4) is 0 Å². The van der Waals surface area contributed by atoms with Crippen molar-refractivity contribution in [2.75, 3.05) is 43.3 Å². The number of aromatic nitrogens is 2. The Morgan fingerprint density at radius 3 is 2.47 bits per heavy atom. The summed E-state index contributed by atoms with van der Waals surface area (Å²) < 4.78 is 10.7. The third-order valence-corrected chi connectivity index (χ3v) is 5.80. The van der Waals surface area contributed by atoms with Crippen LogP contribution in [0.15, 0.2) is 30.3 Å². The molecule has 0 unspecified atom stereocenters. The van der Waals surface area contributed by atoms with Gasteiger partial charge in [-0.2, -0.15) is 4.98 Å². The van der Waals surface area contributed by atoms with E-state index in [2.05, 4.69) is 15.3 Å².